The van der Waals surface area contributed by atoms with Crippen molar-refractivity contribution in [1.82, 2.24) is 10.2 Å². The van der Waals surface area contributed by atoms with Crippen LogP contribution in [0.4, 0.5) is 5.82 Å². The van der Waals surface area contributed by atoms with Gasteiger partial charge in [0.2, 0.25) is 0 Å². The average molecular weight is 242 g/mol. The van der Waals surface area contributed by atoms with Gasteiger partial charge in [0.05, 0.1) is 6.10 Å². The lowest BCUT2D eigenvalue weighted by Crippen LogP contribution is -2.30. The topological polar surface area (TPSA) is 58.0 Å². The van der Waals surface area contributed by atoms with Crippen molar-refractivity contribution in [2.75, 3.05) is 11.9 Å². The Labute approximate surface area is 100 Å². The van der Waals surface area contributed by atoms with Crippen LogP contribution in [0.25, 0.3) is 0 Å². The second kappa shape index (κ2) is 5.46. The maximum absolute atomic E-state index is 9.79. The highest BCUT2D eigenvalue weighted by molar-refractivity contribution is 6.29. The molecule has 0 saturated heterocycles. The molecule has 2 unspecified atom stereocenters. The van der Waals surface area contributed by atoms with Crippen LogP contribution in [-0.4, -0.2) is 28.0 Å². The van der Waals surface area contributed by atoms with Crippen molar-refractivity contribution in [3.63, 3.8) is 0 Å². The molecule has 0 spiro atoms. The summed E-state index contributed by atoms with van der Waals surface area (Å²) in [6.45, 7) is 0.747. The van der Waals surface area contributed by atoms with E-state index < -0.39 is 0 Å². The van der Waals surface area contributed by atoms with E-state index in [1.54, 1.807) is 12.1 Å². The monoisotopic (exact) mass is 241 g/mol. The van der Waals surface area contributed by atoms with Crippen molar-refractivity contribution in [2.45, 2.75) is 31.8 Å². The minimum Gasteiger partial charge on any atom is -0.393 e. The molecule has 1 fully saturated rings. The van der Waals surface area contributed by atoms with E-state index in [9.17, 15) is 5.11 Å². The summed E-state index contributed by atoms with van der Waals surface area (Å²) in [6.07, 6.45) is 4.16. The Hall–Kier alpha value is -0.870. The summed E-state index contributed by atoms with van der Waals surface area (Å²) < 4.78 is 0. The van der Waals surface area contributed by atoms with Crippen LogP contribution < -0.4 is 5.32 Å². The minimum atomic E-state index is -0.179. The third-order valence-corrected chi connectivity index (χ3v) is 3.25. The fourth-order valence-corrected chi connectivity index (χ4v) is 2.17. The molecule has 0 amide bonds. The van der Waals surface area contributed by atoms with Gasteiger partial charge in [0.25, 0.3) is 0 Å². The molecule has 4 nitrogen and oxygen atoms in total. The van der Waals surface area contributed by atoms with E-state index in [2.05, 4.69) is 15.5 Å². The number of hydrogen-bond acceptors (Lipinski definition) is 4. The maximum atomic E-state index is 9.79. The average Bonchev–Trinajstić information content (AvgIpc) is 2.30. The molecular formula is C11H16ClN3O. The lowest BCUT2D eigenvalue weighted by atomic mass is 9.86. The van der Waals surface area contributed by atoms with Gasteiger partial charge in [-0.05, 0) is 25.0 Å². The minimum absolute atomic E-state index is 0.179. The van der Waals surface area contributed by atoms with Gasteiger partial charge in [-0.2, -0.15) is 0 Å². The van der Waals surface area contributed by atoms with Gasteiger partial charge in [0.15, 0.2) is 5.15 Å². The van der Waals surface area contributed by atoms with E-state index in [-0.39, 0.29) is 6.10 Å². The fourth-order valence-electron chi connectivity index (χ4n) is 2.07. The van der Waals surface area contributed by atoms with Crippen molar-refractivity contribution in [3.8, 4) is 0 Å². The van der Waals surface area contributed by atoms with E-state index in [1.165, 1.54) is 6.42 Å². The van der Waals surface area contributed by atoms with Crippen molar-refractivity contribution < 1.29 is 5.11 Å². The molecule has 0 bridgehead atoms. The number of aliphatic hydroxyl groups excluding tert-OH is 1. The first kappa shape index (κ1) is 11.6. The van der Waals surface area contributed by atoms with Crippen LogP contribution >= 0.6 is 11.6 Å². The standard InChI is InChI=1S/C11H16ClN3O/c12-10-5-6-11(15-14-10)13-7-8-3-1-2-4-9(8)16/h5-6,8-9,16H,1-4,7H2,(H,13,15). The summed E-state index contributed by atoms with van der Waals surface area (Å²) in [4.78, 5) is 0. The van der Waals surface area contributed by atoms with Crippen molar-refractivity contribution in [1.29, 1.82) is 0 Å². The van der Waals surface area contributed by atoms with E-state index in [0.29, 0.717) is 16.9 Å². The quantitative estimate of drug-likeness (QED) is 0.851. The zero-order chi connectivity index (χ0) is 11.4. The van der Waals surface area contributed by atoms with Crippen molar-refractivity contribution in [2.24, 2.45) is 5.92 Å². The van der Waals surface area contributed by atoms with E-state index in [0.717, 1.165) is 25.8 Å². The lowest BCUT2D eigenvalue weighted by molar-refractivity contribution is 0.0763. The summed E-state index contributed by atoms with van der Waals surface area (Å²) in [5.74, 6) is 1.04. The first-order valence-electron chi connectivity index (χ1n) is 5.67. The molecule has 2 rings (SSSR count). The van der Waals surface area contributed by atoms with Gasteiger partial charge < -0.3 is 10.4 Å². The largest absolute Gasteiger partial charge is 0.393 e. The molecule has 16 heavy (non-hydrogen) atoms. The Kier molecular flexibility index (Phi) is 3.96. The molecular weight excluding hydrogens is 226 g/mol. The Morgan fingerprint density at radius 3 is 2.81 bits per heavy atom. The first-order valence-corrected chi connectivity index (χ1v) is 6.04. The highest BCUT2D eigenvalue weighted by atomic mass is 35.5. The summed E-state index contributed by atoms with van der Waals surface area (Å²) >= 11 is 5.64. The molecule has 0 aliphatic heterocycles. The number of halogens is 1. The van der Waals surface area contributed by atoms with Crippen LogP contribution in [0.3, 0.4) is 0 Å². The molecule has 1 heterocycles. The summed E-state index contributed by atoms with van der Waals surface area (Å²) in [5, 5.41) is 21.0. The zero-order valence-electron chi connectivity index (χ0n) is 9.06. The molecule has 1 saturated carbocycles. The third kappa shape index (κ3) is 3.06. The SMILES string of the molecule is OC1CCCCC1CNc1ccc(Cl)nn1. The number of rotatable bonds is 3. The van der Waals surface area contributed by atoms with Crippen LogP contribution in [0.5, 0.6) is 0 Å². The van der Waals surface area contributed by atoms with Crippen LogP contribution in [0, 0.1) is 5.92 Å². The number of aliphatic hydroxyl groups is 1. The van der Waals surface area contributed by atoms with E-state index in [4.69, 9.17) is 11.6 Å². The van der Waals surface area contributed by atoms with Crippen LogP contribution in [0.1, 0.15) is 25.7 Å². The highest BCUT2D eigenvalue weighted by Crippen LogP contribution is 2.24. The first-order chi connectivity index (χ1) is 7.75. The molecule has 1 aromatic heterocycles. The van der Waals surface area contributed by atoms with Crippen LogP contribution in [0.2, 0.25) is 5.15 Å². The predicted octanol–water partition coefficient (Wildman–Crippen LogP) is 2.09. The summed E-state index contributed by atoms with van der Waals surface area (Å²) in [5.41, 5.74) is 0. The maximum Gasteiger partial charge on any atom is 0.151 e. The van der Waals surface area contributed by atoms with Gasteiger partial charge in [-0.1, -0.05) is 24.4 Å². The van der Waals surface area contributed by atoms with Crippen molar-refractivity contribution in [3.05, 3.63) is 17.3 Å². The van der Waals surface area contributed by atoms with Crippen LogP contribution in [0.15, 0.2) is 12.1 Å². The predicted molar refractivity (Wildman–Crippen MR) is 63.5 cm³/mol. The van der Waals surface area contributed by atoms with Crippen LogP contribution in [-0.2, 0) is 0 Å². The fraction of sp³-hybridized carbons (Fsp3) is 0.636. The molecule has 1 aliphatic rings. The van der Waals surface area contributed by atoms with Gasteiger partial charge in [0, 0.05) is 12.5 Å². The van der Waals surface area contributed by atoms with Gasteiger partial charge in [-0.3, -0.25) is 0 Å². The number of nitrogens with one attached hydrogen (secondary N) is 1. The zero-order valence-corrected chi connectivity index (χ0v) is 9.82. The number of hydrogen-bond donors (Lipinski definition) is 2. The Morgan fingerprint density at radius 1 is 1.31 bits per heavy atom. The molecule has 1 aliphatic carbocycles. The second-order valence-corrected chi connectivity index (χ2v) is 4.62. The Balaban J connectivity index is 1.84. The Bertz CT molecular complexity index is 331. The van der Waals surface area contributed by atoms with E-state index >= 15 is 0 Å². The molecule has 88 valence electrons. The third-order valence-electron chi connectivity index (χ3n) is 3.05. The number of aromatic nitrogens is 2. The highest BCUT2D eigenvalue weighted by Gasteiger charge is 2.22. The summed E-state index contributed by atoms with van der Waals surface area (Å²) in [6, 6.07) is 3.50. The molecule has 0 radical (unpaired) electrons. The number of nitrogens with zero attached hydrogens (tertiary/aromatic N) is 2. The molecule has 0 aromatic carbocycles. The molecule has 1 aromatic rings. The van der Waals surface area contributed by atoms with E-state index in [1.807, 2.05) is 0 Å². The molecule has 2 atom stereocenters. The molecule has 2 N–H and O–H groups in total. The Morgan fingerprint density at radius 2 is 2.12 bits per heavy atom. The smallest absolute Gasteiger partial charge is 0.151 e. The molecule has 5 heteroatoms. The number of anilines is 1. The van der Waals surface area contributed by atoms with Gasteiger partial charge in [-0.15, -0.1) is 10.2 Å². The van der Waals surface area contributed by atoms with Crippen molar-refractivity contribution >= 4 is 17.4 Å². The van der Waals surface area contributed by atoms with Gasteiger partial charge in [0.1, 0.15) is 5.82 Å². The van der Waals surface area contributed by atoms with Gasteiger partial charge >= 0.3 is 0 Å². The normalized spacial score (nSPS) is 25.4. The summed E-state index contributed by atoms with van der Waals surface area (Å²) in [7, 11) is 0. The lowest BCUT2D eigenvalue weighted by Gasteiger charge is -2.27. The van der Waals surface area contributed by atoms with Gasteiger partial charge in [-0.25, -0.2) is 0 Å². The second-order valence-electron chi connectivity index (χ2n) is 4.23.